The maximum atomic E-state index is 11.4. The number of nitrogens with one attached hydrogen (secondary N) is 1. The smallest absolute Gasteiger partial charge is 0.342 e. The Labute approximate surface area is 79.7 Å². The maximum Gasteiger partial charge on any atom is 0.342 e. The minimum atomic E-state index is -0.541. The van der Waals surface area contributed by atoms with E-state index in [0.717, 1.165) is 0 Å². The van der Waals surface area contributed by atoms with Crippen molar-refractivity contribution < 1.29 is 9.53 Å². The van der Waals surface area contributed by atoms with E-state index in [1.807, 2.05) is 0 Å². The van der Waals surface area contributed by atoms with Crippen molar-refractivity contribution in [2.45, 2.75) is 13.8 Å². The largest absolute Gasteiger partial charge is 0.462 e. The van der Waals surface area contributed by atoms with Gasteiger partial charge in [0.25, 0.3) is 0 Å². The number of hydrogen-bond donors (Lipinski definition) is 1. The van der Waals surface area contributed by atoms with E-state index in [2.05, 4.69) is 20.2 Å². The molecule has 1 rings (SSSR count). The van der Waals surface area contributed by atoms with Crippen molar-refractivity contribution in [2.24, 2.45) is 5.11 Å². The molecule has 0 spiro atoms. The molecule has 0 saturated heterocycles. The molecular formula is C7H9N5O2. The molecule has 0 atom stereocenters. The lowest BCUT2D eigenvalue weighted by molar-refractivity contribution is 0.0526. The number of carbonyl (C=O) groups excluding carboxylic acids is 1. The van der Waals surface area contributed by atoms with Gasteiger partial charge in [-0.1, -0.05) is 0 Å². The first kappa shape index (κ1) is 10.1. The highest BCUT2D eigenvalue weighted by Gasteiger charge is 2.17. The summed E-state index contributed by atoms with van der Waals surface area (Å²) in [6, 6.07) is 0. The number of hydrogen-bond acceptors (Lipinski definition) is 4. The molecule has 0 bridgehead atoms. The van der Waals surface area contributed by atoms with Crippen LogP contribution in [0.1, 0.15) is 23.0 Å². The zero-order chi connectivity index (χ0) is 10.6. The van der Waals surface area contributed by atoms with E-state index in [0.29, 0.717) is 5.69 Å². The van der Waals surface area contributed by atoms with Crippen molar-refractivity contribution in [3.05, 3.63) is 21.7 Å². The van der Waals surface area contributed by atoms with Crippen molar-refractivity contribution in [3.8, 4) is 0 Å². The van der Waals surface area contributed by atoms with Crippen LogP contribution in [0.25, 0.3) is 10.4 Å². The van der Waals surface area contributed by atoms with Crippen LogP contribution in [0.2, 0.25) is 0 Å². The molecule has 0 radical (unpaired) electrons. The molecule has 14 heavy (non-hydrogen) atoms. The van der Waals surface area contributed by atoms with Crippen molar-refractivity contribution >= 4 is 11.8 Å². The van der Waals surface area contributed by atoms with Crippen LogP contribution in [0.5, 0.6) is 0 Å². The molecule has 0 aliphatic carbocycles. The summed E-state index contributed by atoms with van der Waals surface area (Å²) in [6.45, 7) is 3.58. The number of aryl methyl sites for hydroxylation is 1. The van der Waals surface area contributed by atoms with Crippen LogP contribution in [0.4, 0.5) is 5.82 Å². The number of aromatic amines is 1. The van der Waals surface area contributed by atoms with Gasteiger partial charge in [0.05, 0.1) is 12.3 Å². The van der Waals surface area contributed by atoms with E-state index in [1.165, 1.54) is 0 Å². The average Bonchev–Trinajstić information content (AvgIpc) is 2.48. The first-order valence-electron chi connectivity index (χ1n) is 3.97. The van der Waals surface area contributed by atoms with Gasteiger partial charge in [-0.3, -0.25) is 5.10 Å². The summed E-state index contributed by atoms with van der Waals surface area (Å²) in [5, 5.41) is 9.48. The van der Waals surface area contributed by atoms with Gasteiger partial charge in [-0.15, -0.1) is 0 Å². The average molecular weight is 195 g/mol. The predicted molar refractivity (Wildman–Crippen MR) is 48.1 cm³/mol. The van der Waals surface area contributed by atoms with Crippen LogP contribution < -0.4 is 0 Å². The molecule has 1 N–H and O–H groups in total. The van der Waals surface area contributed by atoms with Crippen molar-refractivity contribution in [1.82, 2.24) is 10.2 Å². The minimum Gasteiger partial charge on any atom is -0.462 e. The number of H-pyrrole nitrogens is 1. The van der Waals surface area contributed by atoms with Gasteiger partial charge in [0.15, 0.2) is 0 Å². The Balaban J connectivity index is 3.10. The second-order valence-corrected chi connectivity index (χ2v) is 2.44. The summed E-state index contributed by atoms with van der Waals surface area (Å²) in [7, 11) is 0. The van der Waals surface area contributed by atoms with E-state index >= 15 is 0 Å². The number of nitrogens with zero attached hydrogens (tertiary/aromatic N) is 4. The molecule has 1 heterocycles. The van der Waals surface area contributed by atoms with Gasteiger partial charge in [0.2, 0.25) is 0 Å². The first-order chi connectivity index (χ1) is 6.70. The third-order valence-corrected chi connectivity index (χ3v) is 1.55. The number of aromatic nitrogens is 2. The quantitative estimate of drug-likeness (QED) is 0.344. The molecule has 74 valence electrons. The second-order valence-electron chi connectivity index (χ2n) is 2.44. The zero-order valence-electron chi connectivity index (χ0n) is 7.81. The standard InChI is InChI=1S/C7H9N5O2/c1-3-14-7(13)5-4(2)9-10-6(5)11-12-8/h3H2,1-2H3,(H,9,10). The number of ether oxygens (including phenoxy) is 1. The Hall–Kier alpha value is -2.01. The molecular weight excluding hydrogens is 186 g/mol. The van der Waals surface area contributed by atoms with Gasteiger partial charge in [0.1, 0.15) is 11.4 Å². The van der Waals surface area contributed by atoms with Crippen LogP contribution in [0.3, 0.4) is 0 Å². The van der Waals surface area contributed by atoms with E-state index in [9.17, 15) is 4.79 Å². The van der Waals surface area contributed by atoms with E-state index in [1.54, 1.807) is 13.8 Å². The SMILES string of the molecule is CCOC(=O)c1c(C)n[nH]c1N=[N+]=[N-]. The lowest BCUT2D eigenvalue weighted by atomic mass is 10.2. The molecule has 0 aromatic carbocycles. The lowest BCUT2D eigenvalue weighted by Gasteiger charge is -1.99. The third-order valence-electron chi connectivity index (χ3n) is 1.55. The van der Waals surface area contributed by atoms with Gasteiger partial charge in [-0.2, -0.15) is 5.10 Å². The number of carbonyl (C=O) groups is 1. The van der Waals surface area contributed by atoms with E-state index in [4.69, 9.17) is 10.3 Å². The highest BCUT2D eigenvalue weighted by Crippen LogP contribution is 2.19. The summed E-state index contributed by atoms with van der Waals surface area (Å²) in [5.74, 6) is -0.454. The predicted octanol–water partition coefficient (Wildman–Crippen LogP) is 1.84. The first-order valence-corrected chi connectivity index (χ1v) is 3.97. The summed E-state index contributed by atoms with van der Waals surface area (Å²) in [6.07, 6.45) is 0. The van der Waals surface area contributed by atoms with Gasteiger partial charge < -0.3 is 4.74 Å². The second kappa shape index (κ2) is 4.29. The summed E-state index contributed by atoms with van der Waals surface area (Å²) in [4.78, 5) is 13.9. The van der Waals surface area contributed by atoms with Crippen LogP contribution in [-0.4, -0.2) is 22.8 Å². The fourth-order valence-electron chi connectivity index (χ4n) is 0.985. The molecule has 1 aromatic heterocycles. The lowest BCUT2D eigenvalue weighted by Crippen LogP contribution is -2.05. The molecule has 0 saturated carbocycles. The van der Waals surface area contributed by atoms with Crippen LogP contribution in [0.15, 0.2) is 5.11 Å². The molecule has 0 aliphatic heterocycles. The van der Waals surface area contributed by atoms with Crippen LogP contribution in [0, 0.1) is 6.92 Å². The van der Waals surface area contributed by atoms with Crippen molar-refractivity contribution in [3.63, 3.8) is 0 Å². The minimum absolute atomic E-state index is 0.0865. The fourth-order valence-corrected chi connectivity index (χ4v) is 0.985. The van der Waals surface area contributed by atoms with Gasteiger partial charge in [0, 0.05) is 4.91 Å². The molecule has 0 unspecified atom stereocenters. The van der Waals surface area contributed by atoms with Gasteiger partial charge >= 0.3 is 5.97 Å². The molecule has 0 aliphatic rings. The molecule has 1 aromatic rings. The van der Waals surface area contributed by atoms with Crippen molar-refractivity contribution in [1.29, 1.82) is 0 Å². The van der Waals surface area contributed by atoms with E-state index in [-0.39, 0.29) is 18.0 Å². The third kappa shape index (κ3) is 1.83. The molecule has 0 amide bonds. The fraction of sp³-hybridized carbons (Fsp3) is 0.429. The Bertz CT molecular complexity index is 391. The van der Waals surface area contributed by atoms with Gasteiger partial charge in [-0.05, 0) is 24.5 Å². The van der Waals surface area contributed by atoms with Crippen molar-refractivity contribution in [2.75, 3.05) is 6.61 Å². The number of esters is 1. The monoisotopic (exact) mass is 195 g/mol. The summed E-state index contributed by atoms with van der Waals surface area (Å²) >= 11 is 0. The van der Waals surface area contributed by atoms with Crippen LogP contribution in [-0.2, 0) is 4.74 Å². The zero-order valence-corrected chi connectivity index (χ0v) is 7.81. The Kier molecular flexibility index (Phi) is 3.09. The molecule has 7 heteroatoms. The van der Waals surface area contributed by atoms with Gasteiger partial charge in [-0.25, -0.2) is 4.79 Å². The maximum absolute atomic E-state index is 11.4. The number of azide groups is 1. The Morgan fingerprint density at radius 3 is 3.07 bits per heavy atom. The highest BCUT2D eigenvalue weighted by molar-refractivity contribution is 5.95. The Morgan fingerprint density at radius 2 is 2.50 bits per heavy atom. The normalized spacial score (nSPS) is 9.29. The Morgan fingerprint density at radius 1 is 1.79 bits per heavy atom. The molecule has 0 fully saturated rings. The molecule has 7 nitrogen and oxygen atoms in total. The highest BCUT2D eigenvalue weighted by atomic mass is 16.5. The summed E-state index contributed by atoms with van der Waals surface area (Å²) < 4.78 is 4.77. The topological polar surface area (TPSA) is 104 Å². The van der Waals surface area contributed by atoms with E-state index < -0.39 is 5.97 Å². The summed E-state index contributed by atoms with van der Waals surface area (Å²) in [5.41, 5.74) is 8.86. The van der Waals surface area contributed by atoms with Crippen LogP contribution >= 0.6 is 0 Å². The number of rotatable bonds is 3.